The molecule has 0 aromatic heterocycles. The molecule has 0 heterocycles. The number of non-ortho nitro benzene ring substituents is 1. The average molecular weight is 375 g/mol. The Hall–Kier alpha value is -2.00. The van der Waals surface area contributed by atoms with Gasteiger partial charge in [0.25, 0.3) is 15.7 Å². The number of nitrogens with one attached hydrogen (secondary N) is 1. The molecule has 110 valence electrons. The maximum absolute atomic E-state index is 13.4. The normalized spacial score (nSPS) is 11.1. The molecule has 0 aliphatic carbocycles. The third-order valence-electron chi connectivity index (χ3n) is 2.51. The zero-order chi connectivity index (χ0) is 15.6. The number of benzene rings is 2. The number of rotatable bonds is 4. The van der Waals surface area contributed by atoms with Crippen molar-refractivity contribution in [3.63, 3.8) is 0 Å². The van der Waals surface area contributed by atoms with Crippen LogP contribution in [-0.4, -0.2) is 13.3 Å². The van der Waals surface area contributed by atoms with Crippen molar-refractivity contribution in [1.29, 1.82) is 0 Å². The third kappa shape index (κ3) is 3.56. The number of anilines is 1. The molecule has 9 heteroatoms. The Balaban J connectivity index is 2.36. The van der Waals surface area contributed by atoms with Crippen molar-refractivity contribution in [2.45, 2.75) is 4.90 Å². The predicted octanol–water partition coefficient (Wildman–Crippen LogP) is 3.30. The van der Waals surface area contributed by atoms with Crippen LogP contribution in [0.15, 0.2) is 51.8 Å². The van der Waals surface area contributed by atoms with Gasteiger partial charge in [-0.2, -0.15) is 0 Å². The van der Waals surface area contributed by atoms with Gasteiger partial charge in [-0.1, -0.05) is 6.07 Å². The molecule has 2 rings (SSSR count). The van der Waals surface area contributed by atoms with Gasteiger partial charge in [0.15, 0.2) is 0 Å². The Labute approximate surface area is 127 Å². The Morgan fingerprint density at radius 3 is 2.52 bits per heavy atom. The number of halogens is 2. The van der Waals surface area contributed by atoms with Crippen LogP contribution in [0, 0.1) is 15.9 Å². The molecule has 0 radical (unpaired) electrons. The average Bonchev–Trinajstić information content (AvgIpc) is 2.43. The van der Waals surface area contributed by atoms with Crippen molar-refractivity contribution < 1.29 is 17.7 Å². The number of sulfonamides is 1. The summed E-state index contributed by atoms with van der Waals surface area (Å²) in [6.07, 6.45) is 0. The zero-order valence-corrected chi connectivity index (χ0v) is 12.7. The minimum absolute atomic E-state index is 0.0159. The van der Waals surface area contributed by atoms with E-state index in [1.54, 1.807) is 0 Å². The van der Waals surface area contributed by atoms with Crippen LogP contribution >= 0.6 is 15.9 Å². The van der Waals surface area contributed by atoms with Gasteiger partial charge in [-0.3, -0.25) is 14.8 Å². The van der Waals surface area contributed by atoms with Gasteiger partial charge in [-0.15, -0.1) is 0 Å². The van der Waals surface area contributed by atoms with Gasteiger partial charge in [0, 0.05) is 12.1 Å². The van der Waals surface area contributed by atoms with Crippen molar-refractivity contribution >= 4 is 37.3 Å². The van der Waals surface area contributed by atoms with E-state index in [0.29, 0.717) is 0 Å². The summed E-state index contributed by atoms with van der Waals surface area (Å²) in [5.41, 5.74) is -0.331. The SMILES string of the molecule is O=[N+]([O-])c1cccc(S(=O)(=O)Nc2ccc(Br)c(F)c2)c1. The smallest absolute Gasteiger partial charge is 0.270 e. The summed E-state index contributed by atoms with van der Waals surface area (Å²) in [4.78, 5) is 9.68. The van der Waals surface area contributed by atoms with Crippen LogP contribution in [-0.2, 0) is 10.0 Å². The second-order valence-electron chi connectivity index (χ2n) is 3.99. The van der Waals surface area contributed by atoms with E-state index >= 15 is 0 Å². The second kappa shape index (κ2) is 5.78. The van der Waals surface area contributed by atoms with E-state index in [1.165, 1.54) is 30.3 Å². The Morgan fingerprint density at radius 2 is 1.90 bits per heavy atom. The van der Waals surface area contributed by atoms with Crippen molar-refractivity contribution in [2.24, 2.45) is 0 Å². The first kappa shape index (κ1) is 15.4. The van der Waals surface area contributed by atoms with Crippen LogP contribution in [0.2, 0.25) is 0 Å². The molecule has 0 saturated heterocycles. The first-order valence-electron chi connectivity index (χ1n) is 5.52. The number of hydrogen-bond acceptors (Lipinski definition) is 4. The first-order chi connectivity index (χ1) is 9.79. The lowest BCUT2D eigenvalue weighted by Crippen LogP contribution is -2.13. The van der Waals surface area contributed by atoms with Gasteiger partial charge in [0.05, 0.1) is 20.0 Å². The molecule has 0 spiro atoms. The highest BCUT2D eigenvalue weighted by molar-refractivity contribution is 9.10. The van der Waals surface area contributed by atoms with E-state index in [-0.39, 0.29) is 20.7 Å². The van der Waals surface area contributed by atoms with E-state index in [2.05, 4.69) is 20.7 Å². The van der Waals surface area contributed by atoms with Crippen molar-refractivity contribution in [3.8, 4) is 0 Å². The third-order valence-corrected chi connectivity index (χ3v) is 4.53. The second-order valence-corrected chi connectivity index (χ2v) is 6.53. The first-order valence-corrected chi connectivity index (χ1v) is 7.79. The number of nitro benzene ring substituents is 1. The topological polar surface area (TPSA) is 89.3 Å². The molecule has 0 aliphatic heterocycles. The fourth-order valence-electron chi connectivity index (χ4n) is 1.54. The van der Waals surface area contributed by atoms with E-state index in [9.17, 15) is 22.9 Å². The van der Waals surface area contributed by atoms with Gasteiger partial charge in [0.1, 0.15) is 5.82 Å². The zero-order valence-electron chi connectivity index (χ0n) is 10.3. The molecule has 2 aromatic carbocycles. The largest absolute Gasteiger partial charge is 0.280 e. The molecule has 21 heavy (non-hydrogen) atoms. The van der Waals surface area contributed by atoms with Gasteiger partial charge < -0.3 is 0 Å². The highest BCUT2D eigenvalue weighted by atomic mass is 79.9. The molecule has 0 saturated carbocycles. The fourth-order valence-corrected chi connectivity index (χ4v) is 2.87. The summed E-state index contributed by atoms with van der Waals surface area (Å²) < 4.78 is 39.9. The summed E-state index contributed by atoms with van der Waals surface area (Å²) in [5.74, 6) is -0.630. The minimum atomic E-state index is -4.04. The van der Waals surface area contributed by atoms with Gasteiger partial charge >= 0.3 is 0 Å². The predicted molar refractivity (Wildman–Crippen MR) is 78.0 cm³/mol. The number of nitrogens with zero attached hydrogens (tertiary/aromatic N) is 1. The van der Waals surface area contributed by atoms with E-state index in [4.69, 9.17) is 0 Å². The molecule has 0 aliphatic rings. The standard InChI is InChI=1S/C12H8BrFN2O4S/c13-11-5-4-8(6-12(11)14)15-21(19,20)10-3-1-2-9(7-10)16(17)18/h1-7,15H. The van der Waals surface area contributed by atoms with Crippen molar-refractivity contribution in [1.82, 2.24) is 0 Å². The van der Waals surface area contributed by atoms with Crippen LogP contribution in [0.4, 0.5) is 15.8 Å². The molecule has 6 nitrogen and oxygen atoms in total. The number of hydrogen-bond donors (Lipinski definition) is 1. The molecular formula is C12H8BrFN2O4S. The lowest BCUT2D eigenvalue weighted by Gasteiger charge is -2.08. The summed E-state index contributed by atoms with van der Waals surface area (Å²) >= 11 is 2.95. The van der Waals surface area contributed by atoms with Crippen LogP contribution in [0.3, 0.4) is 0 Å². The monoisotopic (exact) mass is 374 g/mol. The van der Waals surface area contributed by atoms with Crippen LogP contribution in [0.5, 0.6) is 0 Å². The van der Waals surface area contributed by atoms with E-state index < -0.39 is 20.8 Å². The fraction of sp³-hybridized carbons (Fsp3) is 0. The minimum Gasteiger partial charge on any atom is -0.280 e. The lowest BCUT2D eigenvalue weighted by atomic mass is 10.3. The Kier molecular flexibility index (Phi) is 4.24. The highest BCUT2D eigenvalue weighted by Gasteiger charge is 2.18. The van der Waals surface area contributed by atoms with E-state index in [1.807, 2.05) is 0 Å². The van der Waals surface area contributed by atoms with E-state index in [0.717, 1.165) is 12.1 Å². The maximum atomic E-state index is 13.4. The molecule has 0 fully saturated rings. The van der Waals surface area contributed by atoms with Crippen LogP contribution < -0.4 is 4.72 Å². The molecule has 0 bridgehead atoms. The molecule has 1 N–H and O–H groups in total. The van der Waals surface area contributed by atoms with Gasteiger partial charge in [-0.05, 0) is 40.2 Å². The van der Waals surface area contributed by atoms with Crippen LogP contribution in [0.1, 0.15) is 0 Å². The lowest BCUT2D eigenvalue weighted by molar-refractivity contribution is -0.385. The van der Waals surface area contributed by atoms with Gasteiger partial charge in [-0.25, -0.2) is 12.8 Å². The number of nitro groups is 1. The Bertz CT molecular complexity index is 811. The Morgan fingerprint density at radius 1 is 1.19 bits per heavy atom. The van der Waals surface area contributed by atoms with Crippen molar-refractivity contribution in [3.05, 3.63) is 62.9 Å². The van der Waals surface area contributed by atoms with Crippen LogP contribution in [0.25, 0.3) is 0 Å². The quantitative estimate of drug-likeness (QED) is 0.656. The summed E-state index contributed by atoms with van der Waals surface area (Å²) in [6.45, 7) is 0. The molecule has 0 amide bonds. The summed E-state index contributed by atoms with van der Waals surface area (Å²) in [7, 11) is -4.04. The summed E-state index contributed by atoms with van der Waals surface area (Å²) in [6, 6.07) is 8.29. The molecule has 2 aromatic rings. The maximum Gasteiger partial charge on any atom is 0.270 e. The molecular weight excluding hydrogens is 367 g/mol. The highest BCUT2D eigenvalue weighted by Crippen LogP contribution is 2.23. The van der Waals surface area contributed by atoms with Gasteiger partial charge in [0.2, 0.25) is 0 Å². The van der Waals surface area contributed by atoms with Crippen molar-refractivity contribution in [2.75, 3.05) is 4.72 Å². The molecule has 0 unspecified atom stereocenters. The molecule has 0 atom stereocenters. The summed E-state index contributed by atoms with van der Waals surface area (Å²) in [5, 5.41) is 10.7.